The molecule has 0 amide bonds. The van der Waals surface area contributed by atoms with Gasteiger partial charge in [0.1, 0.15) is 0 Å². The van der Waals surface area contributed by atoms with Crippen molar-refractivity contribution in [3.63, 3.8) is 0 Å². The van der Waals surface area contributed by atoms with Gasteiger partial charge in [0.15, 0.2) is 17.5 Å². The molecule has 0 aromatic heterocycles. The fourth-order valence-electron chi connectivity index (χ4n) is 4.93. The lowest BCUT2D eigenvalue weighted by Crippen LogP contribution is -2.49. The predicted molar refractivity (Wildman–Crippen MR) is 156 cm³/mol. The number of halogens is 4. The molecule has 0 bridgehead atoms. The zero-order chi connectivity index (χ0) is 31.3. The molecule has 3 aromatic rings. The lowest BCUT2D eigenvalue weighted by atomic mass is 9.94. The average Bonchev–Trinajstić information content (AvgIpc) is 2.99. The van der Waals surface area contributed by atoms with Crippen molar-refractivity contribution in [1.29, 1.82) is 0 Å². The van der Waals surface area contributed by atoms with Gasteiger partial charge in [-0.1, -0.05) is 41.9 Å². The van der Waals surface area contributed by atoms with E-state index in [-0.39, 0.29) is 30.2 Å². The van der Waals surface area contributed by atoms with Crippen LogP contribution in [0, 0.1) is 0 Å². The lowest BCUT2D eigenvalue weighted by Gasteiger charge is -2.38. The first-order valence-electron chi connectivity index (χ1n) is 13.1. The van der Waals surface area contributed by atoms with Gasteiger partial charge in [-0.2, -0.15) is 13.2 Å². The van der Waals surface area contributed by atoms with Crippen LogP contribution in [0.5, 0.6) is 17.2 Å². The van der Waals surface area contributed by atoms with Crippen LogP contribution in [0.1, 0.15) is 35.2 Å². The minimum Gasteiger partial charge on any atom is -0.493 e. The van der Waals surface area contributed by atoms with E-state index in [4.69, 9.17) is 35.5 Å². The summed E-state index contributed by atoms with van der Waals surface area (Å²) in [6, 6.07) is 14.9. The van der Waals surface area contributed by atoms with E-state index < -0.39 is 23.8 Å². The Balaban J connectivity index is 1.87. The fraction of sp³-hybridized carbons (Fsp3) is 0.290. The van der Waals surface area contributed by atoms with E-state index in [1.807, 2.05) is 0 Å². The highest BCUT2D eigenvalue weighted by Gasteiger charge is 2.38. The quantitative estimate of drug-likeness (QED) is 0.273. The number of methoxy groups -OCH3 is 4. The second-order valence-electron chi connectivity index (χ2n) is 9.54. The molecule has 1 N–H and O–H groups in total. The van der Waals surface area contributed by atoms with E-state index in [2.05, 4.69) is 5.32 Å². The third-order valence-corrected chi connectivity index (χ3v) is 7.22. The number of ether oxygens (including phenoxy) is 4. The first-order chi connectivity index (χ1) is 20.5. The number of alkyl halides is 3. The number of carbonyl (C=O) groups is 1. The second-order valence-corrected chi connectivity index (χ2v) is 9.97. The Morgan fingerprint density at radius 2 is 1.65 bits per heavy atom. The number of nitrogens with one attached hydrogen (secondary N) is 1. The molecule has 0 saturated heterocycles. The van der Waals surface area contributed by atoms with Gasteiger partial charge < -0.3 is 29.2 Å². The number of esters is 1. The molecule has 3 aromatic carbocycles. The summed E-state index contributed by atoms with van der Waals surface area (Å²) in [5.74, 6) is 0.842. The van der Waals surface area contributed by atoms with E-state index >= 15 is 0 Å². The third kappa shape index (κ3) is 6.83. The van der Waals surface area contributed by atoms with Crippen LogP contribution in [0.4, 0.5) is 13.2 Å². The van der Waals surface area contributed by atoms with Crippen molar-refractivity contribution in [2.75, 3.05) is 28.4 Å². The average molecular weight is 618 g/mol. The maximum absolute atomic E-state index is 14.0. The van der Waals surface area contributed by atoms with Gasteiger partial charge in [0.2, 0.25) is 5.75 Å². The van der Waals surface area contributed by atoms with Gasteiger partial charge in [-0.25, -0.2) is 9.79 Å². The normalized spacial score (nSPS) is 16.2. The summed E-state index contributed by atoms with van der Waals surface area (Å²) in [4.78, 5) is 19.4. The molecule has 1 heterocycles. The number of nitrogens with zero attached hydrogens (tertiary/aromatic N) is 2. The molecule has 1 atom stereocenters. The third-order valence-electron chi connectivity index (χ3n) is 6.99. The van der Waals surface area contributed by atoms with Gasteiger partial charge >= 0.3 is 12.1 Å². The van der Waals surface area contributed by atoms with Gasteiger partial charge in [0.25, 0.3) is 0 Å². The van der Waals surface area contributed by atoms with Crippen LogP contribution in [0.25, 0.3) is 0 Å². The van der Waals surface area contributed by atoms with Gasteiger partial charge in [-0.15, -0.1) is 0 Å². The molecule has 43 heavy (non-hydrogen) atoms. The number of hydrogen-bond donors (Lipinski definition) is 1. The van der Waals surface area contributed by atoms with E-state index in [0.717, 1.165) is 6.07 Å². The Kier molecular flexibility index (Phi) is 9.75. The van der Waals surface area contributed by atoms with Gasteiger partial charge in [0, 0.05) is 10.7 Å². The van der Waals surface area contributed by atoms with E-state index in [1.165, 1.54) is 51.5 Å². The predicted octanol–water partition coefficient (Wildman–Crippen LogP) is 6.53. The summed E-state index contributed by atoms with van der Waals surface area (Å²) in [7, 11) is 5.73. The summed E-state index contributed by atoms with van der Waals surface area (Å²) in [6.07, 6.45) is -4.58. The van der Waals surface area contributed by atoms with Crippen LogP contribution < -0.4 is 19.5 Å². The number of hydrogen-bond acceptors (Lipinski definition) is 6. The Morgan fingerprint density at radius 3 is 2.23 bits per heavy atom. The van der Waals surface area contributed by atoms with Crippen LogP contribution in [0.3, 0.4) is 0 Å². The van der Waals surface area contributed by atoms with Crippen molar-refractivity contribution < 1.29 is 36.9 Å². The summed E-state index contributed by atoms with van der Waals surface area (Å²) < 4.78 is 63.3. The first kappa shape index (κ1) is 31.6. The van der Waals surface area contributed by atoms with Crippen molar-refractivity contribution in [3.05, 3.63) is 99.2 Å². The summed E-state index contributed by atoms with van der Waals surface area (Å²) in [5, 5.41) is 3.70. The van der Waals surface area contributed by atoms with Gasteiger partial charge in [-0.3, -0.25) is 0 Å². The lowest BCUT2D eigenvalue weighted by molar-refractivity contribution is -0.139. The molecule has 0 saturated carbocycles. The maximum Gasteiger partial charge on any atom is 0.416 e. The molecule has 8 nitrogen and oxygen atoms in total. The minimum atomic E-state index is -4.58. The van der Waals surface area contributed by atoms with Crippen LogP contribution >= 0.6 is 11.6 Å². The molecule has 0 aliphatic carbocycles. The van der Waals surface area contributed by atoms with Crippen molar-refractivity contribution in [2.45, 2.75) is 32.2 Å². The minimum absolute atomic E-state index is 0.00190. The van der Waals surface area contributed by atoms with E-state index in [0.29, 0.717) is 39.1 Å². The Hall–Kier alpha value is -4.38. The molecule has 1 aliphatic heterocycles. The topological polar surface area (TPSA) is 81.6 Å². The summed E-state index contributed by atoms with van der Waals surface area (Å²) in [6.45, 7) is 1.50. The number of aliphatic imine (C=N–C) groups is 1. The van der Waals surface area contributed by atoms with Crippen LogP contribution in [0.2, 0.25) is 5.02 Å². The highest BCUT2D eigenvalue weighted by Crippen LogP contribution is 2.39. The molecular weight excluding hydrogens is 587 g/mol. The van der Waals surface area contributed by atoms with E-state index in [1.54, 1.807) is 43.3 Å². The fourth-order valence-corrected chi connectivity index (χ4v) is 5.13. The van der Waals surface area contributed by atoms with Gasteiger partial charge in [-0.05, 0) is 53.9 Å². The number of allylic oxidation sites excluding steroid dienone is 1. The Bertz CT molecular complexity index is 1530. The largest absolute Gasteiger partial charge is 0.493 e. The molecule has 1 unspecified atom stereocenters. The maximum atomic E-state index is 14.0. The smallest absolute Gasteiger partial charge is 0.416 e. The van der Waals surface area contributed by atoms with Crippen molar-refractivity contribution in [1.82, 2.24) is 10.2 Å². The molecule has 0 radical (unpaired) electrons. The zero-order valence-electron chi connectivity index (χ0n) is 24.2. The van der Waals surface area contributed by atoms with Crippen molar-refractivity contribution in [3.8, 4) is 17.2 Å². The zero-order valence-corrected chi connectivity index (χ0v) is 25.0. The van der Waals surface area contributed by atoms with Crippen molar-refractivity contribution in [2.24, 2.45) is 4.99 Å². The SMILES string of the molecule is COC(=O)C1=C(C)N(Cc2ccccc2C(F)(F)F)C(=NCc2cc(OC)c(OC)c(OC)c2)NC1c1cccc(Cl)c1. The molecular formula is C31H31ClF3N3O5. The second kappa shape index (κ2) is 13.3. The monoisotopic (exact) mass is 617 g/mol. The van der Waals surface area contributed by atoms with Crippen LogP contribution in [0.15, 0.2) is 76.9 Å². The Labute approximate surface area is 252 Å². The summed E-state index contributed by atoms with van der Waals surface area (Å²) >= 11 is 6.28. The molecule has 0 spiro atoms. The molecule has 0 fully saturated rings. The highest BCUT2D eigenvalue weighted by atomic mass is 35.5. The number of rotatable bonds is 9. The molecule has 228 valence electrons. The highest BCUT2D eigenvalue weighted by molar-refractivity contribution is 6.30. The van der Waals surface area contributed by atoms with Crippen LogP contribution in [-0.4, -0.2) is 45.3 Å². The van der Waals surface area contributed by atoms with E-state index in [9.17, 15) is 18.0 Å². The molecule has 1 aliphatic rings. The molecule has 12 heteroatoms. The standard InChI is InChI=1S/C31H31ClF3N3O5/c1-18-26(29(39)43-5)27(20-10-8-11-22(32)15-20)37-30(38(18)17-21-9-6-7-12-23(21)31(33,34)35)36-16-19-13-24(40-2)28(42-4)25(14-19)41-3/h6-15,27H,16-17H2,1-5H3,(H,36,37). The summed E-state index contributed by atoms with van der Waals surface area (Å²) in [5.41, 5.74) is 1.12. The number of carbonyl (C=O) groups excluding carboxylic acids is 1. The number of guanidine groups is 1. The van der Waals surface area contributed by atoms with Crippen molar-refractivity contribution >= 4 is 23.5 Å². The van der Waals surface area contributed by atoms with Gasteiger partial charge in [0.05, 0.1) is 58.7 Å². The first-order valence-corrected chi connectivity index (χ1v) is 13.5. The Morgan fingerprint density at radius 1 is 0.977 bits per heavy atom. The molecule has 4 rings (SSSR count). The number of benzene rings is 3. The van der Waals surface area contributed by atoms with Crippen LogP contribution in [-0.2, 0) is 28.8 Å².